The van der Waals surface area contributed by atoms with Crippen molar-refractivity contribution < 1.29 is 13.6 Å². The molecule has 0 amide bonds. The molecule has 0 saturated heterocycles. The van der Waals surface area contributed by atoms with Crippen LogP contribution in [0.2, 0.25) is 5.02 Å². The molecule has 3 N–H and O–H groups in total. The topological polar surface area (TPSA) is 104 Å². The lowest BCUT2D eigenvalue weighted by atomic mass is 10.3. The van der Waals surface area contributed by atoms with E-state index in [0.29, 0.717) is 5.69 Å². The summed E-state index contributed by atoms with van der Waals surface area (Å²) < 4.78 is 25.0. The van der Waals surface area contributed by atoms with Crippen molar-refractivity contribution in [2.75, 3.05) is 16.5 Å². The maximum Gasteiger partial charge on any atom is 0.248 e. The van der Waals surface area contributed by atoms with Gasteiger partial charge in [-0.1, -0.05) is 37.6 Å². The van der Waals surface area contributed by atoms with Gasteiger partial charge in [-0.15, -0.1) is 0 Å². The third kappa shape index (κ3) is 4.31. The van der Waals surface area contributed by atoms with E-state index in [9.17, 15) is 8.42 Å². The van der Waals surface area contributed by atoms with Gasteiger partial charge in [0.25, 0.3) is 0 Å². The molecule has 1 heterocycles. The predicted octanol–water partition coefficient (Wildman–Crippen LogP) is 3.10. The molecule has 0 bridgehead atoms. The maximum absolute atomic E-state index is 12.5. The molecule has 2 aromatic rings. The van der Waals surface area contributed by atoms with Gasteiger partial charge in [-0.3, -0.25) is 5.21 Å². The molecule has 124 valence electrons. The molecule has 0 atom stereocenters. The lowest BCUT2D eigenvalue weighted by Gasteiger charge is -2.14. The lowest BCUT2D eigenvalue weighted by molar-refractivity contribution is 0.382. The molecule has 7 nitrogen and oxygen atoms in total. The molecule has 0 aliphatic rings. The molecule has 2 rings (SSSR count). The van der Waals surface area contributed by atoms with Crippen LogP contribution >= 0.6 is 11.6 Å². The van der Waals surface area contributed by atoms with Gasteiger partial charge in [0.1, 0.15) is 5.02 Å². The summed E-state index contributed by atoms with van der Waals surface area (Å²) in [6.07, 6.45) is 1.29. The largest absolute Gasteiger partial charge is 0.338 e. The van der Waals surface area contributed by atoms with Crippen molar-refractivity contribution in [3.05, 3.63) is 35.5 Å². The van der Waals surface area contributed by atoms with E-state index in [1.54, 1.807) is 18.2 Å². The van der Waals surface area contributed by atoms with E-state index in [-0.39, 0.29) is 33.4 Å². The molecule has 0 aliphatic heterocycles. The zero-order valence-corrected chi connectivity index (χ0v) is 14.2. The number of benzene rings is 1. The molecular weight excluding hydrogens is 340 g/mol. The average molecular weight is 357 g/mol. The third-order valence-electron chi connectivity index (χ3n) is 2.87. The molecular formula is C14H17ClN4O3S. The van der Waals surface area contributed by atoms with Crippen molar-refractivity contribution in [2.45, 2.75) is 18.7 Å². The second kappa shape index (κ2) is 7.12. The van der Waals surface area contributed by atoms with Crippen LogP contribution in [0.25, 0.3) is 0 Å². The van der Waals surface area contributed by atoms with Crippen LogP contribution in [0, 0.1) is 5.92 Å². The highest BCUT2D eigenvalue weighted by Crippen LogP contribution is 2.29. The lowest BCUT2D eigenvalue weighted by Crippen LogP contribution is -2.13. The molecule has 1 aromatic heterocycles. The van der Waals surface area contributed by atoms with Gasteiger partial charge in [0.15, 0.2) is 15.7 Å². The van der Waals surface area contributed by atoms with Gasteiger partial charge in [0.05, 0.1) is 22.5 Å². The summed E-state index contributed by atoms with van der Waals surface area (Å²) in [6.45, 7) is 3.68. The fourth-order valence-corrected chi connectivity index (χ4v) is 3.94. The summed E-state index contributed by atoms with van der Waals surface area (Å²) in [7, 11) is -3.45. The van der Waals surface area contributed by atoms with Gasteiger partial charge in [-0.05, 0) is 18.1 Å². The Morgan fingerprint density at radius 1 is 1.30 bits per heavy atom. The summed E-state index contributed by atoms with van der Waals surface area (Å²) >= 11 is 6.01. The molecule has 0 radical (unpaired) electrons. The number of nitrogens with zero attached hydrogens (tertiary/aromatic N) is 2. The van der Waals surface area contributed by atoms with E-state index in [4.69, 9.17) is 16.8 Å². The van der Waals surface area contributed by atoms with E-state index < -0.39 is 9.84 Å². The number of halogens is 1. The molecule has 0 fully saturated rings. The average Bonchev–Trinajstić information content (AvgIpc) is 2.48. The Balaban J connectivity index is 2.42. The number of rotatable bonds is 6. The van der Waals surface area contributed by atoms with Gasteiger partial charge < -0.3 is 5.32 Å². The number of sulfone groups is 1. The number of nitrogens with one attached hydrogen (secondary N) is 2. The van der Waals surface area contributed by atoms with E-state index >= 15 is 0 Å². The van der Waals surface area contributed by atoms with Crippen molar-refractivity contribution in [3.63, 3.8) is 0 Å². The number of hydrogen-bond acceptors (Lipinski definition) is 7. The van der Waals surface area contributed by atoms with Crippen LogP contribution in [0.3, 0.4) is 0 Å². The predicted molar refractivity (Wildman–Crippen MR) is 89.1 cm³/mol. The Hall–Kier alpha value is -1.90. The molecule has 0 saturated carbocycles. The molecule has 0 aliphatic carbocycles. The van der Waals surface area contributed by atoms with Gasteiger partial charge in [-0.25, -0.2) is 18.9 Å². The summed E-state index contributed by atoms with van der Waals surface area (Å²) in [6, 6.07) is 6.51. The first-order chi connectivity index (χ1) is 10.8. The van der Waals surface area contributed by atoms with Crippen LogP contribution in [0.1, 0.15) is 13.8 Å². The van der Waals surface area contributed by atoms with Crippen LogP contribution in [-0.2, 0) is 9.84 Å². The standard InChI is InChI=1S/C14H17ClN4O3S/c1-9(2)8-23(21,22)12-6-4-3-5-11(12)17-13-10(15)7-16-14(18-13)19-20/h3-7,9,20H,8H2,1-2H3,(H2,16,17,18,19). The van der Waals surface area contributed by atoms with Crippen LogP contribution < -0.4 is 10.8 Å². The van der Waals surface area contributed by atoms with Gasteiger partial charge in [-0.2, -0.15) is 4.98 Å². The first kappa shape index (κ1) is 17.5. The van der Waals surface area contributed by atoms with Gasteiger partial charge >= 0.3 is 0 Å². The zero-order chi connectivity index (χ0) is 17.0. The van der Waals surface area contributed by atoms with Crippen molar-refractivity contribution >= 4 is 38.9 Å². The van der Waals surface area contributed by atoms with Crippen molar-refractivity contribution in [1.29, 1.82) is 0 Å². The highest BCUT2D eigenvalue weighted by atomic mass is 35.5. The quantitative estimate of drug-likeness (QED) is 0.683. The van der Waals surface area contributed by atoms with E-state index in [1.807, 2.05) is 19.3 Å². The fraction of sp³-hybridized carbons (Fsp3) is 0.286. The second-order valence-electron chi connectivity index (χ2n) is 5.30. The second-order valence-corrected chi connectivity index (χ2v) is 7.71. The number of aromatic nitrogens is 2. The Bertz CT molecular complexity index is 796. The van der Waals surface area contributed by atoms with E-state index in [1.165, 1.54) is 12.3 Å². The van der Waals surface area contributed by atoms with Crippen molar-refractivity contribution in [2.24, 2.45) is 5.92 Å². The Kier molecular flexibility index (Phi) is 5.40. The van der Waals surface area contributed by atoms with Gasteiger partial charge in [0.2, 0.25) is 5.95 Å². The zero-order valence-electron chi connectivity index (χ0n) is 12.6. The third-order valence-corrected chi connectivity index (χ3v) is 5.28. The monoisotopic (exact) mass is 356 g/mol. The molecule has 23 heavy (non-hydrogen) atoms. The van der Waals surface area contributed by atoms with Crippen molar-refractivity contribution in [3.8, 4) is 0 Å². The summed E-state index contributed by atoms with van der Waals surface area (Å²) in [5.74, 6) is 0.165. The molecule has 9 heteroatoms. The minimum atomic E-state index is -3.45. The van der Waals surface area contributed by atoms with Crippen LogP contribution in [0.15, 0.2) is 35.4 Å². The van der Waals surface area contributed by atoms with Crippen LogP contribution in [-0.4, -0.2) is 29.3 Å². The smallest absolute Gasteiger partial charge is 0.248 e. The molecule has 1 aromatic carbocycles. The first-order valence-electron chi connectivity index (χ1n) is 6.85. The van der Waals surface area contributed by atoms with Crippen LogP contribution in [0.4, 0.5) is 17.5 Å². The minimum Gasteiger partial charge on any atom is -0.338 e. The van der Waals surface area contributed by atoms with E-state index in [2.05, 4.69) is 15.3 Å². The van der Waals surface area contributed by atoms with E-state index in [0.717, 1.165) is 0 Å². The summed E-state index contributed by atoms with van der Waals surface area (Å²) in [4.78, 5) is 7.88. The highest BCUT2D eigenvalue weighted by molar-refractivity contribution is 7.91. The Morgan fingerprint density at radius 2 is 2.00 bits per heavy atom. The van der Waals surface area contributed by atoms with Crippen molar-refractivity contribution in [1.82, 2.24) is 9.97 Å². The van der Waals surface area contributed by atoms with Crippen LogP contribution in [0.5, 0.6) is 0 Å². The number of para-hydroxylation sites is 1. The fourth-order valence-electron chi connectivity index (χ4n) is 2.01. The first-order valence-corrected chi connectivity index (χ1v) is 8.88. The maximum atomic E-state index is 12.5. The number of anilines is 3. The normalized spacial score (nSPS) is 11.5. The Morgan fingerprint density at radius 3 is 2.65 bits per heavy atom. The minimum absolute atomic E-state index is 0.000820. The molecule has 0 unspecified atom stereocenters. The SMILES string of the molecule is CC(C)CS(=O)(=O)c1ccccc1Nc1nc(NO)ncc1Cl. The summed E-state index contributed by atoms with van der Waals surface area (Å²) in [5.41, 5.74) is 2.17. The summed E-state index contributed by atoms with van der Waals surface area (Å²) in [5, 5.41) is 11.9. The van der Waals surface area contributed by atoms with Gasteiger partial charge in [0, 0.05) is 0 Å². The highest BCUT2D eigenvalue weighted by Gasteiger charge is 2.20. The molecule has 0 spiro atoms. The number of hydrogen-bond donors (Lipinski definition) is 3. The Labute approximate surface area is 139 Å².